The van der Waals surface area contributed by atoms with Gasteiger partial charge in [-0.1, -0.05) is 12.1 Å². The highest BCUT2D eigenvalue weighted by Crippen LogP contribution is 2.42. The van der Waals surface area contributed by atoms with Gasteiger partial charge in [-0.25, -0.2) is 0 Å². The number of benzene rings is 1. The van der Waals surface area contributed by atoms with E-state index in [0.29, 0.717) is 35.2 Å². The normalized spacial score (nSPS) is 21.3. The maximum Gasteiger partial charge on any atom is 0.416 e. The molecule has 0 amide bonds. The van der Waals surface area contributed by atoms with Crippen LogP contribution in [0.3, 0.4) is 0 Å². The first-order valence-electron chi connectivity index (χ1n) is 7.64. The molecule has 24 heavy (non-hydrogen) atoms. The molecule has 3 rings (SSSR count). The highest BCUT2D eigenvalue weighted by molar-refractivity contribution is 5.99. The van der Waals surface area contributed by atoms with Crippen molar-refractivity contribution in [2.24, 2.45) is 0 Å². The molecule has 1 aliphatic heterocycles. The third-order valence-electron chi connectivity index (χ3n) is 4.47. The molecule has 3 nitrogen and oxygen atoms in total. The van der Waals surface area contributed by atoms with Crippen LogP contribution in [0.1, 0.15) is 43.2 Å². The standard InChI is InChI=1S/C18H15F3N2O/c1-10-13(9-22)16(17-14(23-10)3-2-4-15(17)24)11-5-7-12(8-6-11)18(19,20)21/h5-8,16,23H,2-4H2,1H3/t16-/m0/s1. The Morgan fingerprint density at radius 2 is 1.88 bits per heavy atom. The molecule has 0 radical (unpaired) electrons. The SMILES string of the molecule is CC1=C(C#N)[C@H](c2ccc(C(F)(F)F)cc2)C2=C(CCCC2=O)N1. The zero-order valence-electron chi connectivity index (χ0n) is 13.0. The number of Topliss-reactive ketones (excluding diaryl/α,β-unsaturated/α-hetero) is 1. The van der Waals surface area contributed by atoms with Crippen LogP contribution in [0, 0.1) is 11.3 Å². The van der Waals surface area contributed by atoms with Crippen LogP contribution in [0.2, 0.25) is 0 Å². The Hall–Kier alpha value is -2.55. The number of nitriles is 1. The molecule has 1 aliphatic carbocycles. The highest BCUT2D eigenvalue weighted by Gasteiger charge is 2.36. The van der Waals surface area contributed by atoms with Gasteiger partial charge in [0.2, 0.25) is 0 Å². The lowest BCUT2D eigenvalue weighted by Gasteiger charge is -2.32. The molecule has 1 atom stereocenters. The van der Waals surface area contributed by atoms with E-state index in [-0.39, 0.29) is 5.78 Å². The van der Waals surface area contributed by atoms with Crippen molar-refractivity contribution >= 4 is 5.78 Å². The monoisotopic (exact) mass is 332 g/mol. The van der Waals surface area contributed by atoms with E-state index in [1.165, 1.54) is 12.1 Å². The lowest BCUT2D eigenvalue weighted by atomic mass is 9.75. The molecule has 6 heteroatoms. The number of hydrogen-bond acceptors (Lipinski definition) is 3. The maximum absolute atomic E-state index is 12.8. The van der Waals surface area contributed by atoms with Gasteiger partial charge in [-0.2, -0.15) is 18.4 Å². The Bertz CT molecular complexity index is 795. The van der Waals surface area contributed by atoms with Crippen molar-refractivity contribution in [2.75, 3.05) is 0 Å². The van der Waals surface area contributed by atoms with Gasteiger partial charge in [0.05, 0.1) is 23.1 Å². The number of nitrogens with zero attached hydrogens (tertiary/aromatic N) is 1. The van der Waals surface area contributed by atoms with Gasteiger partial charge in [0, 0.05) is 23.4 Å². The molecule has 0 unspecified atom stereocenters. The smallest absolute Gasteiger partial charge is 0.361 e. The van der Waals surface area contributed by atoms with Crippen LogP contribution in [-0.2, 0) is 11.0 Å². The molecule has 2 aliphatic rings. The number of nitrogens with one attached hydrogen (secondary N) is 1. The van der Waals surface area contributed by atoms with Gasteiger partial charge in [-0.05, 0) is 37.5 Å². The van der Waals surface area contributed by atoms with Gasteiger partial charge >= 0.3 is 6.18 Å². The van der Waals surface area contributed by atoms with Gasteiger partial charge < -0.3 is 5.32 Å². The summed E-state index contributed by atoms with van der Waals surface area (Å²) in [7, 11) is 0. The van der Waals surface area contributed by atoms with E-state index in [2.05, 4.69) is 11.4 Å². The van der Waals surface area contributed by atoms with Gasteiger partial charge in [0.1, 0.15) is 0 Å². The molecule has 1 heterocycles. The lowest BCUT2D eigenvalue weighted by Crippen LogP contribution is -2.31. The van der Waals surface area contributed by atoms with Gasteiger partial charge in [0.25, 0.3) is 0 Å². The van der Waals surface area contributed by atoms with Crippen LogP contribution in [-0.4, -0.2) is 5.78 Å². The van der Waals surface area contributed by atoms with Crippen LogP contribution in [0.4, 0.5) is 13.2 Å². The number of allylic oxidation sites excluding steroid dienone is 4. The van der Waals surface area contributed by atoms with E-state index >= 15 is 0 Å². The van der Waals surface area contributed by atoms with E-state index in [1.54, 1.807) is 6.92 Å². The largest absolute Gasteiger partial charge is 0.416 e. The third kappa shape index (κ3) is 2.71. The van der Waals surface area contributed by atoms with Crippen molar-refractivity contribution in [2.45, 2.75) is 38.3 Å². The van der Waals surface area contributed by atoms with Crippen LogP contribution in [0.25, 0.3) is 0 Å². The number of carbonyl (C=O) groups excluding carboxylic acids is 1. The predicted molar refractivity (Wildman–Crippen MR) is 81.5 cm³/mol. The van der Waals surface area contributed by atoms with Crippen molar-refractivity contribution in [3.8, 4) is 6.07 Å². The molecular formula is C18H15F3N2O. The number of rotatable bonds is 1. The fourth-order valence-corrected chi connectivity index (χ4v) is 3.33. The van der Waals surface area contributed by atoms with Crippen LogP contribution >= 0.6 is 0 Å². The van der Waals surface area contributed by atoms with Crippen molar-refractivity contribution in [1.82, 2.24) is 5.32 Å². The van der Waals surface area contributed by atoms with E-state index in [9.17, 15) is 23.2 Å². The Morgan fingerprint density at radius 1 is 1.21 bits per heavy atom. The number of halogens is 3. The summed E-state index contributed by atoms with van der Waals surface area (Å²) < 4.78 is 38.3. The van der Waals surface area contributed by atoms with Crippen LogP contribution in [0.5, 0.6) is 0 Å². The number of hydrogen-bond donors (Lipinski definition) is 1. The Kier molecular flexibility index (Phi) is 3.96. The fourth-order valence-electron chi connectivity index (χ4n) is 3.33. The van der Waals surface area contributed by atoms with E-state index in [4.69, 9.17) is 0 Å². The average Bonchev–Trinajstić information content (AvgIpc) is 2.53. The summed E-state index contributed by atoms with van der Waals surface area (Å²) in [5.74, 6) is -0.643. The second kappa shape index (κ2) is 5.82. The van der Waals surface area contributed by atoms with E-state index in [1.807, 2.05) is 0 Å². The Labute approximate surface area is 137 Å². The summed E-state index contributed by atoms with van der Waals surface area (Å²) >= 11 is 0. The lowest BCUT2D eigenvalue weighted by molar-refractivity contribution is -0.137. The molecular weight excluding hydrogens is 317 g/mol. The highest BCUT2D eigenvalue weighted by atomic mass is 19.4. The first kappa shape index (κ1) is 16.3. The summed E-state index contributed by atoms with van der Waals surface area (Å²) in [6.07, 6.45) is -2.58. The number of carbonyl (C=O) groups is 1. The van der Waals surface area contributed by atoms with Crippen LogP contribution in [0.15, 0.2) is 46.8 Å². The Balaban J connectivity index is 2.11. The quantitative estimate of drug-likeness (QED) is 0.839. The summed E-state index contributed by atoms with van der Waals surface area (Å²) in [5.41, 5.74) is 2.11. The molecule has 1 aromatic carbocycles. The number of alkyl halides is 3. The minimum Gasteiger partial charge on any atom is -0.361 e. The topological polar surface area (TPSA) is 52.9 Å². The molecule has 0 aromatic heterocycles. The van der Waals surface area contributed by atoms with E-state index < -0.39 is 17.7 Å². The molecule has 1 N–H and O–H groups in total. The molecule has 0 saturated heterocycles. The van der Waals surface area contributed by atoms with Gasteiger partial charge in [-0.15, -0.1) is 0 Å². The first-order chi connectivity index (χ1) is 11.3. The number of ketones is 1. The zero-order valence-corrected chi connectivity index (χ0v) is 13.0. The average molecular weight is 332 g/mol. The molecule has 0 spiro atoms. The minimum absolute atomic E-state index is 0.0473. The summed E-state index contributed by atoms with van der Waals surface area (Å²) in [6, 6.07) is 6.81. The molecule has 0 saturated carbocycles. The van der Waals surface area contributed by atoms with E-state index in [0.717, 1.165) is 24.3 Å². The maximum atomic E-state index is 12.8. The predicted octanol–water partition coefficient (Wildman–Crippen LogP) is 4.20. The van der Waals surface area contributed by atoms with Crippen molar-refractivity contribution < 1.29 is 18.0 Å². The van der Waals surface area contributed by atoms with Gasteiger partial charge in [-0.3, -0.25) is 4.79 Å². The summed E-state index contributed by atoms with van der Waals surface area (Å²) in [5, 5.41) is 12.6. The molecule has 124 valence electrons. The summed E-state index contributed by atoms with van der Waals surface area (Å²) in [4.78, 5) is 12.4. The number of dihydropyridines is 1. The minimum atomic E-state index is -4.42. The second-order valence-corrected chi connectivity index (χ2v) is 6.00. The molecule has 0 bridgehead atoms. The zero-order chi connectivity index (χ0) is 17.5. The molecule has 0 fully saturated rings. The van der Waals surface area contributed by atoms with Crippen molar-refractivity contribution in [1.29, 1.82) is 5.26 Å². The Morgan fingerprint density at radius 3 is 2.46 bits per heavy atom. The first-order valence-corrected chi connectivity index (χ1v) is 7.64. The summed E-state index contributed by atoms with van der Waals surface area (Å²) in [6.45, 7) is 1.75. The fraction of sp³-hybridized carbons (Fsp3) is 0.333. The molecule has 1 aromatic rings. The third-order valence-corrected chi connectivity index (χ3v) is 4.47. The van der Waals surface area contributed by atoms with Gasteiger partial charge in [0.15, 0.2) is 5.78 Å². The van der Waals surface area contributed by atoms with Crippen molar-refractivity contribution in [3.63, 3.8) is 0 Å². The van der Waals surface area contributed by atoms with Crippen LogP contribution < -0.4 is 5.32 Å². The second-order valence-electron chi connectivity index (χ2n) is 6.00. The van der Waals surface area contributed by atoms with Crippen molar-refractivity contribution in [3.05, 3.63) is 57.9 Å².